The van der Waals surface area contributed by atoms with Crippen molar-refractivity contribution in [2.45, 2.75) is 6.42 Å². The number of hydrogen-bond acceptors (Lipinski definition) is 7. The Balaban J connectivity index is 1.25. The van der Waals surface area contributed by atoms with Crippen molar-refractivity contribution in [1.29, 1.82) is 0 Å². The van der Waals surface area contributed by atoms with Gasteiger partial charge in [0.15, 0.2) is 0 Å². The lowest BCUT2D eigenvalue weighted by atomic mass is 10.2. The molecule has 1 aromatic heterocycles. The number of hydrogen-bond donors (Lipinski definition) is 1. The van der Waals surface area contributed by atoms with E-state index >= 15 is 0 Å². The maximum absolute atomic E-state index is 12.5. The van der Waals surface area contributed by atoms with Gasteiger partial charge in [-0.2, -0.15) is 0 Å². The Morgan fingerprint density at radius 2 is 1.77 bits per heavy atom. The van der Waals surface area contributed by atoms with Crippen molar-refractivity contribution in [2.75, 3.05) is 50.1 Å². The van der Waals surface area contributed by atoms with Crippen LogP contribution in [0.15, 0.2) is 54.6 Å². The molecule has 4 rings (SSSR count). The van der Waals surface area contributed by atoms with Crippen molar-refractivity contribution in [3.05, 3.63) is 65.2 Å². The second kappa shape index (κ2) is 9.69. The number of piperazine rings is 1. The van der Waals surface area contributed by atoms with Gasteiger partial charge in [-0.05, 0) is 17.7 Å². The molecule has 1 aliphatic heterocycles. The molecule has 0 spiro atoms. The first-order valence-electron chi connectivity index (χ1n) is 9.98. The summed E-state index contributed by atoms with van der Waals surface area (Å²) in [6.07, 6.45) is 0.722. The molecule has 0 aliphatic carbocycles. The number of carbonyl (C=O) groups excluding carboxylic acids is 1. The Morgan fingerprint density at radius 1 is 1.03 bits per heavy atom. The summed E-state index contributed by atoms with van der Waals surface area (Å²) in [6.45, 7) is 3.70. The van der Waals surface area contributed by atoms with Gasteiger partial charge in [-0.1, -0.05) is 53.8 Å². The topological polar surface area (TPSA) is 70.6 Å². The van der Waals surface area contributed by atoms with E-state index in [1.165, 1.54) is 16.9 Å². The second-order valence-corrected chi connectivity index (χ2v) is 8.21. The minimum Gasteiger partial charge on any atom is -0.495 e. The molecule has 8 heteroatoms. The van der Waals surface area contributed by atoms with Crippen molar-refractivity contribution in [2.24, 2.45) is 0 Å². The third-order valence-corrected chi connectivity index (χ3v) is 5.92. The van der Waals surface area contributed by atoms with Gasteiger partial charge >= 0.3 is 0 Å². The minimum absolute atomic E-state index is 0.0526. The van der Waals surface area contributed by atoms with Crippen molar-refractivity contribution in [3.63, 3.8) is 0 Å². The summed E-state index contributed by atoms with van der Waals surface area (Å²) in [5.74, 6) is 0.828. The maximum atomic E-state index is 12.5. The van der Waals surface area contributed by atoms with Crippen LogP contribution < -0.4 is 15.0 Å². The van der Waals surface area contributed by atoms with Gasteiger partial charge in [0.25, 0.3) is 0 Å². The fraction of sp³-hybridized carbons (Fsp3) is 0.318. The lowest BCUT2D eigenvalue weighted by Gasteiger charge is -2.36. The zero-order chi connectivity index (χ0) is 20.8. The number of aromatic nitrogens is 2. The lowest BCUT2D eigenvalue weighted by Crippen LogP contribution is -2.48. The summed E-state index contributed by atoms with van der Waals surface area (Å²) in [5.41, 5.74) is 2.28. The van der Waals surface area contributed by atoms with Gasteiger partial charge < -0.3 is 9.64 Å². The summed E-state index contributed by atoms with van der Waals surface area (Å²) in [4.78, 5) is 16.9. The van der Waals surface area contributed by atoms with Crippen LogP contribution in [0.4, 0.5) is 10.8 Å². The van der Waals surface area contributed by atoms with E-state index in [-0.39, 0.29) is 5.91 Å². The number of amides is 1. The van der Waals surface area contributed by atoms with E-state index in [9.17, 15) is 4.79 Å². The Hall–Kier alpha value is -2.97. The Labute approximate surface area is 180 Å². The van der Waals surface area contributed by atoms with E-state index in [1.807, 2.05) is 36.4 Å². The van der Waals surface area contributed by atoms with E-state index < -0.39 is 0 Å². The van der Waals surface area contributed by atoms with Gasteiger partial charge in [-0.25, -0.2) is 0 Å². The summed E-state index contributed by atoms with van der Waals surface area (Å²) in [6, 6.07) is 18.2. The number of rotatable bonds is 7. The van der Waals surface area contributed by atoms with E-state index in [0.717, 1.165) is 49.0 Å². The van der Waals surface area contributed by atoms with E-state index in [2.05, 4.69) is 43.5 Å². The molecule has 0 bridgehead atoms. The first-order valence-corrected chi connectivity index (χ1v) is 10.8. The number of benzene rings is 2. The Kier molecular flexibility index (Phi) is 6.56. The highest BCUT2D eigenvalue weighted by molar-refractivity contribution is 7.15. The maximum Gasteiger partial charge on any atom is 0.240 e. The average molecular weight is 424 g/mol. The van der Waals surface area contributed by atoms with Crippen LogP contribution in [0.2, 0.25) is 0 Å². The van der Waals surface area contributed by atoms with Gasteiger partial charge in [-0.3, -0.25) is 15.0 Å². The quantitative estimate of drug-likeness (QED) is 0.630. The molecule has 0 saturated carbocycles. The van der Waals surface area contributed by atoms with Crippen LogP contribution in [-0.2, 0) is 11.2 Å². The average Bonchev–Trinajstić information content (AvgIpc) is 3.21. The summed E-state index contributed by atoms with van der Waals surface area (Å²) in [7, 11) is 1.69. The molecule has 1 amide bonds. The van der Waals surface area contributed by atoms with Gasteiger partial charge in [0.05, 0.1) is 19.3 Å². The molecule has 3 aromatic rings. The Bertz CT molecular complexity index is 970. The molecule has 0 unspecified atom stereocenters. The third-order valence-electron chi connectivity index (χ3n) is 5.08. The molecule has 2 heterocycles. The largest absolute Gasteiger partial charge is 0.495 e. The lowest BCUT2D eigenvalue weighted by molar-refractivity contribution is -0.117. The van der Waals surface area contributed by atoms with Crippen LogP contribution in [0.25, 0.3) is 0 Å². The number of nitrogens with zero attached hydrogens (tertiary/aromatic N) is 4. The van der Waals surface area contributed by atoms with Crippen molar-refractivity contribution in [3.8, 4) is 5.75 Å². The molecule has 0 radical (unpaired) electrons. The number of anilines is 2. The molecule has 30 heavy (non-hydrogen) atoms. The zero-order valence-corrected chi connectivity index (χ0v) is 17.8. The normalized spacial score (nSPS) is 14.5. The molecular weight excluding hydrogens is 398 g/mol. The number of nitrogens with one attached hydrogen (secondary N) is 1. The van der Waals surface area contributed by atoms with Gasteiger partial charge in [-0.15, -0.1) is 10.2 Å². The molecular formula is C22H25N5O2S. The SMILES string of the molecule is COc1ccccc1N1CCN(CC(=O)Nc2nnc(Cc3ccccc3)s2)CC1. The van der Waals surface area contributed by atoms with Gasteiger partial charge in [0.1, 0.15) is 10.8 Å². The second-order valence-electron chi connectivity index (χ2n) is 7.15. The summed E-state index contributed by atoms with van der Waals surface area (Å²) in [5, 5.41) is 12.6. The minimum atomic E-state index is -0.0526. The third kappa shape index (κ3) is 5.14. The molecule has 7 nitrogen and oxygen atoms in total. The highest BCUT2D eigenvalue weighted by atomic mass is 32.1. The van der Waals surface area contributed by atoms with E-state index in [0.29, 0.717) is 11.7 Å². The zero-order valence-electron chi connectivity index (χ0n) is 17.0. The van der Waals surface area contributed by atoms with Crippen LogP contribution in [0.3, 0.4) is 0 Å². The van der Waals surface area contributed by atoms with Gasteiger partial charge in [0.2, 0.25) is 11.0 Å². The van der Waals surface area contributed by atoms with E-state index in [4.69, 9.17) is 4.74 Å². The molecule has 1 saturated heterocycles. The summed E-state index contributed by atoms with van der Waals surface area (Å²) < 4.78 is 5.46. The number of carbonyl (C=O) groups is 1. The van der Waals surface area contributed by atoms with Crippen LogP contribution in [-0.4, -0.2) is 60.8 Å². The molecule has 1 aliphatic rings. The molecule has 0 atom stereocenters. The molecule has 1 fully saturated rings. The smallest absolute Gasteiger partial charge is 0.240 e. The number of ether oxygens (including phenoxy) is 1. The first kappa shape index (κ1) is 20.3. The highest BCUT2D eigenvalue weighted by Crippen LogP contribution is 2.28. The van der Waals surface area contributed by atoms with Crippen LogP contribution in [0.5, 0.6) is 5.75 Å². The molecule has 156 valence electrons. The number of methoxy groups -OCH3 is 1. The highest BCUT2D eigenvalue weighted by Gasteiger charge is 2.21. The first-order chi connectivity index (χ1) is 14.7. The predicted octanol–water partition coefficient (Wildman–Crippen LogP) is 2.90. The fourth-order valence-electron chi connectivity index (χ4n) is 3.55. The van der Waals surface area contributed by atoms with Crippen molar-refractivity contribution < 1.29 is 9.53 Å². The fourth-order valence-corrected chi connectivity index (χ4v) is 4.34. The van der Waals surface area contributed by atoms with Crippen LogP contribution in [0, 0.1) is 0 Å². The van der Waals surface area contributed by atoms with E-state index in [1.54, 1.807) is 7.11 Å². The monoisotopic (exact) mass is 423 g/mol. The number of para-hydroxylation sites is 2. The van der Waals surface area contributed by atoms with Crippen LogP contribution in [0.1, 0.15) is 10.6 Å². The predicted molar refractivity (Wildman–Crippen MR) is 119 cm³/mol. The van der Waals surface area contributed by atoms with Crippen molar-refractivity contribution >= 4 is 28.1 Å². The molecule has 1 N–H and O–H groups in total. The summed E-state index contributed by atoms with van der Waals surface area (Å²) >= 11 is 1.43. The standard InChI is InChI=1S/C22H25N5O2S/c1-29-19-10-6-5-9-18(19)27-13-11-26(12-14-27)16-20(28)23-22-25-24-21(30-22)15-17-7-3-2-4-8-17/h2-10H,11-16H2,1H3,(H,23,25,28). The Morgan fingerprint density at radius 3 is 2.53 bits per heavy atom. The van der Waals surface area contributed by atoms with Gasteiger partial charge in [0, 0.05) is 32.6 Å². The molecule has 2 aromatic carbocycles. The van der Waals surface area contributed by atoms with Crippen LogP contribution >= 0.6 is 11.3 Å². The van der Waals surface area contributed by atoms with Crippen molar-refractivity contribution in [1.82, 2.24) is 15.1 Å².